The largest absolute Gasteiger partial charge is 0.449 e. The number of anilines is 1. The SMILES string of the molecule is CC(C)COC(=O)N1CC(C)NCc2ccccc21. The van der Waals surface area contributed by atoms with E-state index in [1.807, 2.05) is 38.1 Å². The van der Waals surface area contributed by atoms with Crippen LogP contribution < -0.4 is 10.2 Å². The van der Waals surface area contributed by atoms with Crippen LogP contribution in [-0.2, 0) is 11.3 Å². The highest BCUT2D eigenvalue weighted by molar-refractivity contribution is 5.89. The molecule has 0 saturated heterocycles. The van der Waals surface area contributed by atoms with Gasteiger partial charge >= 0.3 is 6.09 Å². The summed E-state index contributed by atoms with van der Waals surface area (Å²) in [4.78, 5) is 14.0. The van der Waals surface area contributed by atoms with Gasteiger partial charge in [0.2, 0.25) is 0 Å². The van der Waals surface area contributed by atoms with Crippen molar-refractivity contribution in [2.45, 2.75) is 33.4 Å². The number of hydrogen-bond donors (Lipinski definition) is 1. The third-order valence-electron chi connectivity index (χ3n) is 3.14. The molecule has 1 N–H and O–H groups in total. The van der Waals surface area contributed by atoms with E-state index in [2.05, 4.69) is 12.2 Å². The second-order valence-corrected chi connectivity index (χ2v) is 5.49. The second-order valence-electron chi connectivity index (χ2n) is 5.49. The summed E-state index contributed by atoms with van der Waals surface area (Å²) < 4.78 is 5.36. The van der Waals surface area contributed by atoms with E-state index >= 15 is 0 Å². The predicted molar refractivity (Wildman–Crippen MR) is 76.3 cm³/mol. The van der Waals surface area contributed by atoms with Gasteiger partial charge in [0, 0.05) is 19.1 Å². The number of fused-ring (bicyclic) bond motifs is 1. The number of carbonyl (C=O) groups excluding carboxylic acids is 1. The van der Waals surface area contributed by atoms with Crippen molar-refractivity contribution in [3.63, 3.8) is 0 Å². The summed E-state index contributed by atoms with van der Waals surface area (Å²) in [6.07, 6.45) is -0.253. The molecule has 0 spiro atoms. The Morgan fingerprint density at radius 2 is 2.21 bits per heavy atom. The van der Waals surface area contributed by atoms with E-state index in [0.29, 0.717) is 19.1 Å². The molecule has 104 valence electrons. The molecule has 1 unspecified atom stereocenters. The van der Waals surface area contributed by atoms with Gasteiger partial charge in [-0.2, -0.15) is 0 Å². The monoisotopic (exact) mass is 262 g/mol. The van der Waals surface area contributed by atoms with Crippen molar-refractivity contribution >= 4 is 11.8 Å². The first-order chi connectivity index (χ1) is 9.08. The molecule has 0 aromatic heterocycles. The van der Waals surface area contributed by atoms with Crippen LogP contribution in [0.15, 0.2) is 24.3 Å². The quantitative estimate of drug-likeness (QED) is 0.891. The molecule has 19 heavy (non-hydrogen) atoms. The number of hydrogen-bond acceptors (Lipinski definition) is 3. The van der Waals surface area contributed by atoms with E-state index in [1.165, 1.54) is 0 Å². The minimum Gasteiger partial charge on any atom is -0.449 e. The van der Waals surface area contributed by atoms with E-state index in [4.69, 9.17) is 4.74 Å². The van der Waals surface area contributed by atoms with Crippen LogP contribution in [0, 0.1) is 5.92 Å². The summed E-state index contributed by atoms with van der Waals surface area (Å²) in [5, 5.41) is 3.40. The lowest BCUT2D eigenvalue weighted by Gasteiger charge is -2.24. The summed E-state index contributed by atoms with van der Waals surface area (Å²) in [6.45, 7) is 8.02. The van der Waals surface area contributed by atoms with Gasteiger partial charge in [-0.1, -0.05) is 32.0 Å². The minimum absolute atomic E-state index is 0.249. The Morgan fingerprint density at radius 3 is 2.95 bits per heavy atom. The first-order valence-electron chi connectivity index (χ1n) is 6.83. The zero-order valence-electron chi connectivity index (χ0n) is 11.8. The standard InChI is InChI=1S/C15H22N2O2/c1-11(2)10-19-15(18)17-9-12(3)16-8-13-6-4-5-7-14(13)17/h4-7,11-12,16H,8-10H2,1-3H3. The van der Waals surface area contributed by atoms with Crippen LogP contribution in [0.1, 0.15) is 26.3 Å². The Morgan fingerprint density at radius 1 is 1.47 bits per heavy atom. The maximum atomic E-state index is 12.2. The zero-order chi connectivity index (χ0) is 13.8. The molecule has 4 heteroatoms. The van der Waals surface area contributed by atoms with Crippen LogP contribution in [0.5, 0.6) is 0 Å². The maximum Gasteiger partial charge on any atom is 0.414 e. The minimum atomic E-state index is -0.253. The predicted octanol–water partition coefficient (Wildman–Crippen LogP) is 2.78. The molecule has 1 amide bonds. The molecule has 1 aliphatic heterocycles. The van der Waals surface area contributed by atoms with Crippen molar-refractivity contribution in [2.75, 3.05) is 18.1 Å². The molecule has 1 heterocycles. The van der Waals surface area contributed by atoms with E-state index < -0.39 is 0 Å². The fourth-order valence-electron chi connectivity index (χ4n) is 2.13. The lowest BCUT2D eigenvalue weighted by Crippen LogP contribution is -2.40. The highest BCUT2D eigenvalue weighted by Crippen LogP contribution is 2.24. The Labute approximate surface area is 114 Å². The van der Waals surface area contributed by atoms with Gasteiger partial charge < -0.3 is 10.1 Å². The van der Waals surface area contributed by atoms with Crippen LogP contribution in [0.3, 0.4) is 0 Å². The number of nitrogens with zero attached hydrogens (tertiary/aromatic N) is 1. The first kappa shape index (κ1) is 13.9. The van der Waals surface area contributed by atoms with Crippen molar-refractivity contribution in [3.8, 4) is 0 Å². The van der Waals surface area contributed by atoms with Crippen LogP contribution in [0.25, 0.3) is 0 Å². The van der Waals surface area contributed by atoms with Crippen molar-refractivity contribution in [1.29, 1.82) is 0 Å². The summed E-state index contributed by atoms with van der Waals surface area (Å²) >= 11 is 0. The van der Waals surface area contributed by atoms with Gasteiger partial charge in [-0.3, -0.25) is 4.90 Å². The number of ether oxygens (including phenoxy) is 1. The highest BCUT2D eigenvalue weighted by Gasteiger charge is 2.24. The number of benzene rings is 1. The molecule has 4 nitrogen and oxygen atoms in total. The normalized spacial score (nSPS) is 18.9. The summed E-state index contributed by atoms with van der Waals surface area (Å²) in [7, 11) is 0. The zero-order valence-corrected chi connectivity index (χ0v) is 11.8. The molecule has 1 aliphatic rings. The Kier molecular flexibility index (Phi) is 4.43. The molecule has 0 saturated carbocycles. The highest BCUT2D eigenvalue weighted by atomic mass is 16.6. The fourth-order valence-corrected chi connectivity index (χ4v) is 2.13. The van der Waals surface area contributed by atoms with Crippen molar-refractivity contribution in [3.05, 3.63) is 29.8 Å². The fraction of sp³-hybridized carbons (Fsp3) is 0.533. The molecule has 1 aromatic carbocycles. The van der Waals surface area contributed by atoms with E-state index in [0.717, 1.165) is 17.8 Å². The second kappa shape index (κ2) is 6.06. The summed E-state index contributed by atoms with van der Waals surface area (Å²) in [5.74, 6) is 0.349. The van der Waals surface area contributed by atoms with Crippen LogP contribution in [-0.4, -0.2) is 25.3 Å². The van der Waals surface area contributed by atoms with Crippen molar-refractivity contribution in [1.82, 2.24) is 5.32 Å². The van der Waals surface area contributed by atoms with Crippen LogP contribution in [0.4, 0.5) is 10.5 Å². The smallest absolute Gasteiger partial charge is 0.414 e. The first-order valence-corrected chi connectivity index (χ1v) is 6.83. The van der Waals surface area contributed by atoms with Crippen LogP contribution >= 0.6 is 0 Å². The van der Waals surface area contributed by atoms with Crippen LogP contribution in [0.2, 0.25) is 0 Å². The molecular weight excluding hydrogens is 240 g/mol. The lowest BCUT2D eigenvalue weighted by atomic mass is 10.1. The van der Waals surface area contributed by atoms with E-state index in [1.54, 1.807) is 4.90 Å². The average Bonchev–Trinajstić information content (AvgIpc) is 2.56. The average molecular weight is 262 g/mol. The molecular formula is C15H22N2O2. The van der Waals surface area contributed by atoms with E-state index in [-0.39, 0.29) is 12.1 Å². The molecule has 1 atom stereocenters. The van der Waals surface area contributed by atoms with Gasteiger partial charge in [0.25, 0.3) is 0 Å². The van der Waals surface area contributed by atoms with Gasteiger partial charge in [-0.15, -0.1) is 0 Å². The number of rotatable bonds is 2. The molecule has 0 aliphatic carbocycles. The lowest BCUT2D eigenvalue weighted by molar-refractivity contribution is 0.139. The number of nitrogens with one attached hydrogen (secondary N) is 1. The van der Waals surface area contributed by atoms with Crippen molar-refractivity contribution < 1.29 is 9.53 Å². The Balaban J connectivity index is 2.19. The number of carbonyl (C=O) groups is 1. The molecule has 0 bridgehead atoms. The molecule has 2 rings (SSSR count). The summed E-state index contributed by atoms with van der Waals surface area (Å²) in [5.41, 5.74) is 2.08. The third kappa shape index (κ3) is 3.47. The van der Waals surface area contributed by atoms with E-state index in [9.17, 15) is 4.79 Å². The molecule has 1 aromatic rings. The third-order valence-corrected chi connectivity index (χ3v) is 3.14. The molecule has 0 radical (unpaired) electrons. The van der Waals surface area contributed by atoms with Gasteiger partial charge in [0.15, 0.2) is 0 Å². The van der Waals surface area contributed by atoms with Gasteiger partial charge in [0.05, 0.1) is 12.3 Å². The summed E-state index contributed by atoms with van der Waals surface area (Å²) in [6, 6.07) is 8.22. The van der Waals surface area contributed by atoms with Gasteiger partial charge in [-0.25, -0.2) is 4.79 Å². The Hall–Kier alpha value is -1.55. The van der Waals surface area contributed by atoms with Gasteiger partial charge in [0.1, 0.15) is 0 Å². The van der Waals surface area contributed by atoms with Gasteiger partial charge in [-0.05, 0) is 24.5 Å². The number of amides is 1. The Bertz CT molecular complexity index is 446. The topological polar surface area (TPSA) is 41.6 Å². The maximum absolute atomic E-state index is 12.2. The number of para-hydroxylation sites is 1. The molecule has 0 fully saturated rings. The van der Waals surface area contributed by atoms with Crippen molar-refractivity contribution in [2.24, 2.45) is 5.92 Å².